The molecular formula is C23H45N2O2+. The van der Waals surface area contributed by atoms with Crippen LogP contribution in [0.3, 0.4) is 0 Å². The average Bonchev–Trinajstić information content (AvgIpc) is 3.13. The molecule has 4 heteroatoms. The number of rotatable bonds is 20. The van der Waals surface area contributed by atoms with Gasteiger partial charge in [-0.15, -0.1) is 0 Å². The van der Waals surface area contributed by atoms with Gasteiger partial charge >= 0.3 is 0 Å². The summed E-state index contributed by atoms with van der Waals surface area (Å²) in [5, 5.41) is 0. The van der Waals surface area contributed by atoms with Crippen molar-refractivity contribution in [2.24, 2.45) is 0 Å². The highest BCUT2D eigenvalue weighted by atomic mass is 16.5. The first-order valence-electron chi connectivity index (χ1n) is 11.6. The number of aryl methyl sites for hydroxylation is 2. The minimum Gasteiger partial charge on any atom is -0.381 e. The van der Waals surface area contributed by atoms with Crippen molar-refractivity contribution < 1.29 is 14.0 Å². The third-order valence-electron chi connectivity index (χ3n) is 4.94. The normalized spacial score (nSPS) is 11.3. The second-order valence-corrected chi connectivity index (χ2v) is 7.65. The zero-order valence-electron chi connectivity index (χ0n) is 18.2. The standard InChI is InChI=1S/C23H45N2O2/c1-3-5-19-26-21-13-9-7-11-15-24-17-18-25(23-24)16-12-8-10-14-22-27-20-6-4-2/h17-18,23H,3-16,19-22H2,1-2H3/q+1. The predicted octanol–water partition coefficient (Wildman–Crippen LogP) is 5.53. The molecule has 0 amide bonds. The summed E-state index contributed by atoms with van der Waals surface area (Å²) in [6.45, 7) is 10.4. The van der Waals surface area contributed by atoms with E-state index >= 15 is 0 Å². The second-order valence-electron chi connectivity index (χ2n) is 7.65. The van der Waals surface area contributed by atoms with E-state index in [1.165, 1.54) is 77.0 Å². The van der Waals surface area contributed by atoms with Crippen molar-refractivity contribution in [2.75, 3.05) is 26.4 Å². The number of aromatic nitrogens is 2. The Morgan fingerprint density at radius 1 is 0.667 bits per heavy atom. The van der Waals surface area contributed by atoms with E-state index in [0.29, 0.717) is 0 Å². The van der Waals surface area contributed by atoms with Crippen molar-refractivity contribution in [1.29, 1.82) is 0 Å². The maximum atomic E-state index is 5.61. The molecule has 1 aromatic heterocycles. The van der Waals surface area contributed by atoms with Gasteiger partial charge in [-0.3, -0.25) is 0 Å². The van der Waals surface area contributed by atoms with Crippen LogP contribution in [-0.2, 0) is 22.6 Å². The lowest BCUT2D eigenvalue weighted by Gasteiger charge is -2.03. The van der Waals surface area contributed by atoms with Crippen molar-refractivity contribution in [3.8, 4) is 0 Å². The monoisotopic (exact) mass is 381 g/mol. The van der Waals surface area contributed by atoms with Gasteiger partial charge in [-0.1, -0.05) is 39.5 Å². The number of hydrogen-bond acceptors (Lipinski definition) is 2. The molecule has 0 radical (unpaired) electrons. The molecule has 0 bridgehead atoms. The van der Waals surface area contributed by atoms with Crippen LogP contribution in [0, 0.1) is 0 Å². The minimum atomic E-state index is 0.937. The molecule has 0 aromatic carbocycles. The van der Waals surface area contributed by atoms with E-state index in [4.69, 9.17) is 9.47 Å². The summed E-state index contributed by atoms with van der Waals surface area (Å²) < 4.78 is 15.9. The van der Waals surface area contributed by atoms with Crippen LogP contribution in [0.25, 0.3) is 0 Å². The molecule has 1 rings (SSSR count). The molecule has 0 atom stereocenters. The van der Waals surface area contributed by atoms with Crippen LogP contribution in [0.2, 0.25) is 0 Å². The van der Waals surface area contributed by atoms with Crippen LogP contribution < -0.4 is 4.57 Å². The van der Waals surface area contributed by atoms with E-state index in [1.54, 1.807) is 0 Å². The molecule has 0 unspecified atom stereocenters. The largest absolute Gasteiger partial charge is 0.381 e. The Hall–Kier alpha value is -0.870. The molecular weight excluding hydrogens is 336 g/mol. The summed E-state index contributed by atoms with van der Waals surface area (Å²) in [6.07, 6.45) is 21.7. The van der Waals surface area contributed by atoms with Gasteiger partial charge in [-0.25, -0.2) is 9.13 Å². The van der Waals surface area contributed by atoms with Crippen LogP contribution in [0.15, 0.2) is 18.7 Å². The van der Waals surface area contributed by atoms with Crippen molar-refractivity contribution in [1.82, 2.24) is 4.57 Å². The first-order chi connectivity index (χ1) is 13.4. The number of hydrogen-bond donors (Lipinski definition) is 0. The van der Waals surface area contributed by atoms with Gasteiger partial charge < -0.3 is 9.47 Å². The number of unbranched alkanes of at least 4 members (excludes halogenated alkanes) is 8. The second kappa shape index (κ2) is 18.5. The molecule has 158 valence electrons. The summed E-state index contributed by atoms with van der Waals surface area (Å²) in [7, 11) is 0. The molecule has 1 aromatic rings. The van der Waals surface area contributed by atoms with Gasteiger partial charge in [-0.05, 0) is 51.4 Å². The molecule has 27 heavy (non-hydrogen) atoms. The Balaban J connectivity index is 1.90. The summed E-state index contributed by atoms with van der Waals surface area (Å²) in [5.41, 5.74) is 0. The van der Waals surface area contributed by atoms with E-state index in [-0.39, 0.29) is 0 Å². The van der Waals surface area contributed by atoms with Gasteiger partial charge in [-0.2, -0.15) is 0 Å². The molecule has 0 fully saturated rings. The molecule has 0 N–H and O–H groups in total. The van der Waals surface area contributed by atoms with E-state index < -0.39 is 0 Å². The lowest BCUT2D eigenvalue weighted by atomic mass is 10.2. The van der Waals surface area contributed by atoms with Crippen LogP contribution >= 0.6 is 0 Å². The van der Waals surface area contributed by atoms with Gasteiger partial charge in [0.15, 0.2) is 0 Å². The van der Waals surface area contributed by atoms with Gasteiger partial charge in [0.2, 0.25) is 6.33 Å². The number of ether oxygens (including phenoxy) is 2. The highest BCUT2D eigenvalue weighted by Gasteiger charge is 2.03. The van der Waals surface area contributed by atoms with Gasteiger partial charge in [0.05, 0.1) is 13.1 Å². The Morgan fingerprint density at radius 2 is 1.22 bits per heavy atom. The van der Waals surface area contributed by atoms with Gasteiger partial charge in [0, 0.05) is 26.4 Å². The molecule has 0 saturated carbocycles. The highest BCUT2D eigenvalue weighted by Crippen LogP contribution is 2.04. The Bertz CT molecular complexity index is 384. The van der Waals surface area contributed by atoms with Gasteiger partial charge in [0.1, 0.15) is 12.4 Å². The van der Waals surface area contributed by atoms with E-state index in [9.17, 15) is 0 Å². The fourth-order valence-electron chi connectivity index (χ4n) is 3.10. The summed E-state index contributed by atoms with van der Waals surface area (Å²) in [5.74, 6) is 0. The molecule has 0 aliphatic carbocycles. The smallest absolute Gasteiger partial charge is 0.243 e. The van der Waals surface area contributed by atoms with Crippen molar-refractivity contribution in [3.05, 3.63) is 18.7 Å². The summed E-state index contributed by atoms with van der Waals surface area (Å²) in [4.78, 5) is 0. The SMILES string of the molecule is CCCCOCCCCCCn1cc[n+](CCCCCCOCCCC)c1. The maximum absolute atomic E-state index is 5.61. The lowest BCUT2D eigenvalue weighted by molar-refractivity contribution is -0.696. The van der Waals surface area contributed by atoms with Crippen molar-refractivity contribution in [3.63, 3.8) is 0 Å². The first-order valence-corrected chi connectivity index (χ1v) is 11.6. The summed E-state index contributed by atoms with van der Waals surface area (Å²) >= 11 is 0. The maximum Gasteiger partial charge on any atom is 0.243 e. The predicted molar refractivity (Wildman–Crippen MR) is 113 cm³/mol. The van der Waals surface area contributed by atoms with Gasteiger partial charge in [0.25, 0.3) is 0 Å². The quantitative estimate of drug-likeness (QED) is 0.219. The third kappa shape index (κ3) is 14.8. The summed E-state index contributed by atoms with van der Waals surface area (Å²) in [6, 6.07) is 0. The molecule has 0 aliphatic heterocycles. The molecule has 1 heterocycles. The lowest BCUT2D eigenvalue weighted by Crippen LogP contribution is -2.30. The average molecular weight is 382 g/mol. The minimum absolute atomic E-state index is 0.937. The van der Waals surface area contributed by atoms with E-state index in [1.807, 2.05) is 0 Å². The fraction of sp³-hybridized carbons (Fsp3) is 0.870. The van der Waals surface area contributed by atoms with Crippen molar-refractivity contribution >= 4 is 0 Å². The zero-order valence-corrected chi connectivity index (χ0v) is 18.2. The first kappa shape index (κ1) is 24.2. The van der Waals surface area contributed by atoms with Crippen LogP contribution in [0.1, 0.15) is 90.9 Å². The highest BCUT2D eigenvalue weighted by molar-refractivity contribution is 4.66. The Labute approximate surface area is 168 Å². The van der Waals surface area contributed by atoms with Crippen molar-refractivity contribution in [2.45, 2.75) is 104 Å². The molecule has 0 aliphatic rings. The fourth-order valence-corrected chi connectivity index (χ4v) is 3.10. The Kier molecular flexibility index (Phi) is 16.6. The third-order valence-corrected chi connectivity index (χ3v) is 4.94. The van der Waals surface area contributed by atoms with Crippen LogP contribution in [-0.4, -0.2) is 31.0 Å². The van der Waals surface area contributed by atoms with Crippen LogP contribution in [0.5, 0.6) is 0 Å². The number of imidazole rings is 1. The topological polar surface area (TPSA) is 27.3 Å². The van der Waals surface area contributed by atoms with E-state index in [0.717, 1.165) is 39.5 Å². The zero-order chi connectivity index (χ0) is 19.4. The molecule has 0 spiro atoms. The van der Waals surface area contributed by atoms with E-state index in [2.05, 4.69) is 41.7 Å². The number of nitrogens with zero attached hydrogens (tertiary/aromatic N) is 2. The molecule has 4 nitrogen and oxygen atoms in total. The van der Waals surface area contributed by atoms with Crippen LogP contribution in [0.4, 0.5) is 0 Å². The Morgan fingerprint density at radius 3 is 1.85 bits per heavy atom. The molecule has 0 saturated heterocycles.